The van der Waals surface area contributed by atoms with Crippen molar-refractivity contribution in [2.24, 2.45) is 0 Å². The van der Waals surface area contributed by atoms with Gasteiger partial charge in [0.05, 0.1) is 14.2 Å². The number of carbonyl (C=O) groups is 2. The molecule has 0 saturated carbocycles. The Kier molecular flexibility index (Phi) is 7.56. The van der Waals surface area contributed by atoms with Gasteiger partial charge in [-0.05, 0) is 41.5 Å². The molecule has 0 aliphatic carbocycles. The summed E-state index contributed by atoms with van der Waals surface area (Å²) in [6.45, 7) is 0.169. The Labute approximate surface area is 163 Å². The van der Waals surface area contributed by atoms with Crippen LogP contribution in [-0.4, -0.2) is 44.7 Å². The van der Waals surface area contributed by atoms with Crippen LogP contribution in [0.5, 0.6) is 11.5 Å². The summed E-state index contributed by atoms with van der Waals surface area (Å²) in [7, 11) is 4.43. The van der Waals surface area contributed by atoms with Crippen molar-refractivity contribution < 1.29 is 28.2 Å². The first kappa shape index (κ1) is 21.0. The van der Waals surface area contributed by atoms with Gasteiger partial charge in [0, 0.05) is 19.7 Å². The molecule has 0 saturated heterocycles. The smallest absolute Gasteiger partial charge is 0.330 e. The lowest BCUT2D eigenvalue weighted by Crippen LogP contribution is -2.31. The first-order valence-corrected chi connectivity index (χ1v) is 8.48. The Balaban J connectivity index is 1.96. The minimum Gasteiger partial charge on any atom is -0.493 e. The van der Waals surface area contributed by atoms with Crippen LogP contribution >= 0.6 is 0 Å². The van der Waals surface area contributed by atoms with E-state index >= 15 is 0 Å². The first-order chi connectivity index (χ1) is 13.4. The highest BCUT2D eigenvalue weighted by Crippen LogP contribution is 2.28. The molecule has 2 aromatic carbocycles. The van der Waals surface area contributed by atoms with E-state index in [0.29, 0.717) is 23.6 Å². The molecule has 1 amide bonds. The van der Waals surface area contributed by atoms with Crippen molar-refractivity contribution in [1.82, 2.24) is 4.90 Å². The van der Waals surface area contributed by atoms with Crippen LogP contribution in [0.3, 0.4) is 0 Å². The molecule has 0 spiro atoms. The SMILES string of the molecule is COC(=O)/C=C/c1ccc(OCC(=O)N(C)Cc2ccc(F)cc2)c(OC)c1. The van der Waals surface area contributed by atoms with Gasteiger partial charge < -0.3 is 19.1 Å². The average molecular weight is 387 g/mol. The van der Waals surface area contributed by atoms with E-state index in [9.17, 15) is 14.0 Å². The summed E-state index contributed by atoms with van der Waals surface area (Å²) in [6, 6.07) is 11.0. The van der Waals surface area contributed by atoms with E-state index in [1.807, 2.05) is 0 Å². The highest BCUT2D eigenvalue weighted by atomic mass is 19.1. The largest absolute Gasteiger partial charge is 0.493 e. The molecule has 0 N–H and O–H groups in total. The second-order valence-electron chi connectivity index (χ2n) is 5.93. The first-order valence-electron chi connectivity index (χ1n) is 8.48. The molecule has 7 heteroatoms. The minimum absolute atomic E-state index is 0.175. The number of methoxy groups -OCH3 is 2. The number of amides is 1. The molecule has 0 bridgehead atoms. The molecule has 6 nitrogen and oxygen atoms in total. The summed E-state index contributed by atoms with van der Waals surface area (Å²) >= 11 is 0. The van der Waals surface area contributed by atoms with Gasteiger partial charge in [0.2, 0.25) is 0 Å². The average Bonchev–Trinajstić information content (AvgIpc) is 2.71. The molecule has 148 valence electrons. The van der Waals surface area contributed by atoms with Crippen molar-refractivity contribution in [2.75, 3.05) is 27.9 Å². The zero-order valence-electron chi connectivity index (χ0n) is 16.0. The summed E-state index contributed by atoms with van der Waals surface area (Å²) in [5.41, 5.74) is 1.53. The molecule has 0 fully saturated rings. The van der Waals surface area contributed by atoms with Crippen molar-refractivity contribution >= 4 is 18.0 Å². The van der Waals surface area contributed by atoms with Crippen molar-refractivity contribution in [3.8, 4) is 11.5 Å². The van der Waals surface area contributed by atoms with E-state index < -0.39 is 5.97 Å². The summed E-state index contributed by atoms with van der Waals surface area (Å²) in [5.74, 6) is -0.185. The summed E-state index contributed by atoms with van der Waals surface area (Å²) in [4.78, 5) is 25.0. The quantitative estimate of drug-likeness (QED) is 0.515. The topological polar surface area (TPSA) is 65.1 Å². The molecule has 0 aromatic heterocycles. The third-order valence-corrected chi connectivity index (χ3v) is 3.91. The number of benzene rings is 2. The van der Waals surface area contributed by atoms with Crippen LogP contribution in [0.4, 0.5) is 4.39 Å². The lowest BCUT2D eigenvalue weighted by Gasteiger charge is -2.18. The molecule has 28 heavy (non-hydrogen) atoms. The number of rotatable bonds is 8. The van der Waals surface area contributed by atoms with Crippen LogP contribution in [0.2, 0.25) is 0 Å². The van der Waals surface area contributed by atoms with Crippen molar-refractivity contribution in [3.63, 3.8) is 0 Å². The van der Waals surface area contributed by atoms with Crippen LogP contribution < -0.4 is 9.47 Å². The Morgan fingerprint density at radius 2 is 1.79 bits per heavy atom. The minimum atomic E-state index is -0.464. The molecule has 0 aliphatic rings. The lowest BCUT2D eigenvalue weighted by atomic mass is 10.2. The number of halogens is 1. The van der Waals surface area contributed by atoms with Crippen molar-refractivity contribution in [1.29, 1.82) is 0 Å². The van der Waals surface area contributed by atoms with Gasteiger partial charge in [-0.15, -0.1) is 0 Å². The molecular weight excluding hydrogens is 365 g/mol. The molecule has 0 unspecified atom stereocenters. The van der Waals surface area contributed by atoms with E-state index in [1.165, 1.54) is 37.3 Å². The predicted molar refractivity (Wildman–Crippen MR) is 102 cm³/mol. The maximum atomic E-state index is 13.0. The van der Waals surface area contributed by atoms with Crippen LogP contribution in [-0.2, 0) is 20.9 Å². The second-order valence-corrected chi connectivity index (χ2v) is 5.93. The Bertz CT molecular complexity index is 848. The number of esters is 1. The normalized spacial score (nSPS) is 10.6. The highest BCUT2D eigenvalue weighted by molar-refractivity contribution is 5.87. The zero-order chi connectivity index (χ0) is 20.5. The fraction of sp³-hybridized carbons (Fsp3) is 0.238. The van der Waals surface area contributed by atoms with E-state index in [1.54, 1.807) is 43.5 Å². The molecule has 0 radical (unpaired) electrons. The van der Waals surface area contributed by atoms with Gasteiger partial charge in [-0.3, -0.25) is 4.79 Å². The summed E-state index contributed by atoms with van der Waals surface area (Å²) in [6.07, 6.45) is 2.88. The van der Waals surface area contributed by atoms with Crippen LogP contribution in [0, 0.1) is 5.82 Å². The Hall–Kier alpha value is -3.35. The van der Waals surface area contributed by atoms with Gasteiger partial charge in [-0.25, -0.2) is 9.18 Å². The fourth-order valence-electron chi connectivity index (χ4n) is 2.34. The zero-order valence-corrected chi connectivity index (χ0v) is 16.0. The van der Waals surface area contributed by atoms with Crippen LogP contribution in [0.15, 0.2) is 48.5 Å². The monoisotopic (exact) mass is 387 g/mol. The maximum Gasteiger partial charge on any atom is 0.330 e. The fourth-order valence-corrected chi connectivity index (χ4v) is 2.34. The van der Waals surface area contributed by atoms with Crippen molar-refractivity contribution in [3.05, 3.63) is 65.5 Å². The summed E-state index contributed by atoms with van der Waals surface area (Å²) in [5, 5.41) is 0. The maximum absolute atomic E-state index is 13.0. The molecular formula is C21H22FNO5. The summed E-state index contributed by atoms with van der Waals surface area (Å²) < 4.78 is 28.4. The predicted octanol–water partition coefficient (Wildman–Crippen LogP) is 3.06. The molecule has 0 heterocycles. The van der Waals surface area contributed by atoms with Crippen molar-refractivity contribution in [2.45, 2.75) is 6.54 Å². The molecule has 2 rings (SSSR count). The van der Waals surface area contributed by atoms with Crippen LogP contribution in [0.25, 0.3) is 6.08 Å². The van der Waals surface area contributed by atoms with E-state index in [2.05, 4.69) is 4.74 Å². The molecule has 2 aromatic rings. The Morgan fingerprint density at radius 1 is 1.07 bits per heavy atom. The van der Waals surface area contributed by atoms with Gasteiger partial charge in [-0.1, -0.05) is 18.2 Å². The Morgan fingerprint density at radius 3 is 2.43 bits per heavy atom. The number of carbonyl (C=O) groups excluding carboxylic acids is 2. The van der Waals surface area contributed by atoms with E-state index in [4.69, 9.17) is 9.47 Å². The third-order valence-electron chi connectivity index (χ3n) is 3.91. The van der Waals surface area contributed by atoms with Gasteiger partial charge in [0.1, 0.15) is 5.82 Å². The second kappa shape index (κ2) is 10.1. The number of hydrogen-bond acceptors (Lipinski definition) is 5. The highest BCUT2D eigenvalue weighted by Gasteiger charge is 2.12. The number of nitrogens with zero attached hydrogens (tertiary/aromatic N) is 1. The number of hydrogen-bond donors (Lipinski definition) is 0. The standard InChI is InChI=1S/C21H22FNO5/c1-23(13-16-4-8-17(22)9-5-16)20(24)14-28-18-10-6-15(12-19(18)26-2)7-11-21(25)27-3/h4-12H,13-14H2,1-3H3/b11-7+. The number of likely N-dealkylation sites (N-methyl/N-ethyl adjacent to an activating group) is 1. The lowest BCUT2D eigenvalue weighted by molar-refractivity contribution is -0.135. The van der Waals surface area contributed by atoms with Gasteiger partial charge in [0.25, 0.3) is 5.91 Å². The van der Waals surface area contributed by atoms with Gasteiger partial charge in [0.15, 0.2) is 18.1 Å². The number of ether oxygens (including phenoxy) is 3. The van der Waals surface area contributed by atoms with Gasteiger partial charge in [-0.2, -0.15) is 0 Å². The van der Waals surface area contributed by atoms with Crippen LogP contribution in [0.1, 0.15) is 11.1 Å². The van der Waals surface area contributed by atoms with Gasteiger partial charge >= 0.3 is 5.97 Å². The third kappa shape index (κ3) is 6.12. The van der Waals surface area contributed by atoms with E-state index in [-0.39, 0.29) is 18.3 Å². The molecule has 0 aliphatic heterocycles. The van der Waals surface area contributed by atoms with E-state index in [0.717, 1.165) is 5.56 Å². The molecule has 0 atom stereocenters.